The topological polar surface area (TPSA) is 57.2 Å². The van der Waals surface area contributed by atoms with E-state index in [9.17, 15) is 5.11 Å². The molecule has 0 aliphatic rings. The number of aliphatic hydroxyl groups excluding tert-OH is 1. The fourth-order valence-corrected chi connectivity index (χ4v) is 1.58. The number of hydrogen-bond acceptors (Lipinski definition) is 5. The molecule has 13 heavy (non-hydrogen) atoms. The molecule has 0 radical (unpaired) electrons. The van der Waals surface area contributed by atoms with E-state index in [0.717, 1.165) is 11.6 Å². The number of aromatic nitrogens is 1. The summed E-state index contributed by atoms with van der Waals surface area (Å²) in [7, 11) is 1.82. The van der Waals surface area contributed by atoms with Gasteiger partial charge in [0.25, 0.3) is 0 Å². The number of rotatable bonds is 6. The highest BCUT2D eigenvalue weighted by atomic mass is 32.1. The second-order valence-corrected chi connectivity index (χ2v) is 3.75. The largest absolute Gasteiger partial charge is 0.390 e. The monoisotopic (exact) mass is 201 g/mol. The molecule has 0 aliphatic heterocycles. The summed E-state index contributed by atoms with van der Waals surface area (Å²) < 4.78 is 0. The van der Waals surface area contributed by atoms with Crippen LogP contribution in [0.15, 0.2) is 11.6 Å². The van der Waals surface area contributed by atoms with Crippen LogP contribution in [0.1, 0.15) is 5.01 Å². The van der Waals surface area contributed by atoms with E-state index in [2.05, 4.69) is 15.6 Å². The van der Waals surface area contributed by atoms with Crippen molar-refractivity contribution in [1.82, 2.24) is 15.6 Å². The SMILES string of the molecule is CNCC(O)CNCc1nccs1. The van der Waals surface area contributed by atoms with Gasteiger partial charge in [0, 0.05) is 31.2 Å². The zero-order valence-corrected chi connectivity index (χ0v) is 8.47. The molecule has 1 aromatic heterocycles. The number of aliphatic hydroxyl groups is 1. The lowest BCUT2D eigenvalue weighted by molar-refractivity contribution is 0.171. The quantitative estimate of drug-likeness (QED) is 0.597. The van der Waals surface area contributed by atoms with E-state index in [4.69, 9.17) is 0 Å². The molecule has 1 atom stereocenters. The molecule has 0 bridgehead atoms. The third-order valence-corrected chi connectivity index (χ3v) is 2.36. The Morgan fingerprint density at radius 3 is 3.08 bits per heavy atom. The van der Waals surface area contributed by atoms with Crippen LogP contribution < -0.4 is 10.6 Å². The molecular weight excluding hydrogens is 186 g/mol. The lowest BCUT2D eigenvalue weighted by Crippen LogP contribution is -2.33. The summed E-state index contributed by atoms with van der Waals surface area (Å²) in [6.07, 6.45) is 1.45. The van der Waals surface area contributed by atoms with Crippen LogP contribution in [-0.2, 0) is 6.54 Å². The van der Waals surface area contributed by atoms with Gasteiger partial charge in [-0.3, -0.25) is 0 Å². The molecule has 3 N–H and O–H groups in total. The number of nitrogens with one attached hydrogen (secondary N) is 2. The Morgan fingerprint density at radius 2 is 2.46 bits per heavy atom. The molecule has 1 aromatic rings. The van der Waals surface area contributed by atoms with E-state index in [1.54, 1.807) is 17.5 Å². The van der Waals surface area contributed by atoms with Crippen LogP contribution in [0.5, 0.6) is 0 Å². The molecule has 74 valence electrons. The summed E-state index contributed by atoms with van der Waals surface area (Å²) in [6, 6.07) is 0. The maximum atomic E-state index is 9.34. The van der Waals surface area contributed by atoms with Gasteiger partial charge < -0.3 is 15.7 Å². The van der Waals surface area contributed by atoms with E-state index < -0.39 is 0 Å². The predicted octanol–water partition coefficient (Wildman–Crippen LogP) is -0.187. The van der Waals surface area contributed by atoms with Gasteiger partial charge in [-0.1, -0.05) is 0 Å². The minimum Gasteiger partial charge on any atom is -0.390 e. The van der Waals surface area contributed by atoms with E-state index in [1.165, 1.54) is 0 Å². The smallest absolute Gasteiger partial charge is 0.106 e. The minimum absolute atomic E-state index is 0.329. The van der Waals surface area contributed by atoms with Crippen molar-refractivity contribution in [3.8, 4) is 0 Å². The first-order chi connectivity index (χ1) is 6.33. The van der Waals surface area contributed by atoms with Gasteiger partial charge in [-0.2, -0.15) is 0 Å². The van der Waals surface area contributed by atoms with E-state index in [1.807, 2.05) is 12.4 Å². The predicted molar refractivity (Wildman–Crippen MR) is 53.8 cm³/mol. The molecule has 1 rings (SSSR count). The molecule has 0 spiro atoms. The van der Waals surface area contributed by atoms with Gasteiger partial charge in [0.15, 0.2) is 0 Å². The van der Waals surface area contributed by atoms with Crippen molar-refractivity contribution in [2.24, 2.45) is 0 Å². The Kier molecular flexibility index (Phi) is 4.92. The highest BCUT2D eigenvalue weighted by molar-refractivity contribution is 7.09. The number of nitrogens with zero attached hydrogens (tertiary/aromatic N) is 1. The van der Waals surface area contributed by atoms with E-state index in [-0.39, 0.29) is 6.10 Å². The van der Waals surface area contributed by atoms with Crippen LogP contribution in [-0.4, -0.2) is 36.3 Å². The summed E-state index contributed by atoms with van der Waals surface area (Å²) in [5.74, 6) is 0. The molecule has 0 fully saturated rings. The average Bonchev–Trinajstić information content (AvgIpc) is 2.57. The standard InChI is InChI=1S/C8H15N3OS/c1-9-4-7(12)5-10-6-8-11-2-3-13-8/h2-3,7,9-10,12H,4-6H2,1H3. The van der Waals surface area contributed by atoms with Gasteiger partial charge >= 0.3 is 0 Å². The molecule has 0 saturated heterocycles. The van der Waals surface area contributed by atoms with Gasteiger partial charge in [-0.15, -0.1) is 11.3 Å². The lowest BCUT2D eigenvalue weighted by Gasteiger charge is -2.09. The Balaban J connectivity index is 2.07. The Labute approximate surface area is 82.0 Å². The zero-order chi connectivity index (χ0) is 9.52. The molecule has 5 heteroatoms. The first kappa shape index (κ1) is 10.6. The number of thiazole rings is 1. The molecule has 0 aliphatic carbocycles. The summed E-state index contributed by atoms with van der Waals surface area (Å²) >= 11 is 1.62. The summed E-state index contributed by atoms with van der Waals surface area (Å²) in [5.41, 5.74) is 0. The molecule has 0 aromatic carbocycles. The fourth-order valence-electron chi connectivity index (χ4n) is 0.994. The molecule has 0 amide bonds. The second-order valence-electron chi connectivity index (χ2n) is 2.77. The molecule has 1 heterocycles. The third-order valence-electron chi connectivity index (χ3n) is 1.58. The van der Waals surface area contributed by atoms with Gasteiger partial charge in [0.05, 0.1) is 6.10 Å². The highest BCUT2D eigenvalue weighted by Crippen LogP contribution is 2.02. The Bertz CT molecular complexity index is 215. The molecule has 0 saturated carbocycles. The molecule has 4 nitrogen and oxygen atoms in total. The third kappa shape index (κ3) is 4.33. The van der Waals surface area contributed by atoms with Crippen molar-refractivity contribution in [2.45, 2.75) is 12.6 Å². The van der Waals surface area contributed by atoms with Crippen molar-refractivity contribution >= 4 is 11.3 Å². The van der Waals surface area contributed by atoms with Crippen LogP contribution >= 0.6 is 11.3 Å². The first-order valence-corrected chi connectivity index (χ1v) is 5.12. The molecule has 1 unspecified atom stereocenters. The summed E-state index contributed by atoms with van der Waals surface area (Å²) in [5, 5.41) is 18.4. The second kappa shape index (κ2) is 6.04. The number of likely N-dealkylation sites (N-methyl/N-ethyl adjacent to an activating group) is 1. The van der Waals surface area contributed by atoms with Crippen molar-refractivity contribution in [3.63, 3.8) is 0 Å². The van der Waals surface area contributed by atoms with Crippen molar-refractivity contribution in [3.05, 3.63) is 16.6 Å². The van der Waals surface area contributed by atoms with Crippen LogP contribution in [0.25, 0.3) is 0 Å². The van der Waals surface area contributed by atoms with Gasteiger partial charge in [0.1, 0.15) is 5.01 Å². The Morgan fingerprint density at radius 1 is 1.62 bits per heavy atom. The van der Waals surface area contributed by atoms with E-state index >= 15 is 0 Å². The van der Waals surface area contributed by atoms with Crippen molar-refractivity contribution < 1.29 is 5.11 Å². The highest BCUT2D eigenvalue weighted by Gasteiger charge is 2.01. The van der Waals surface area contributed by atoms with Crippen LogP contribution in [0, 0.1) is 0 Å². The normalized spacial score (nSPS) is 13.1. The Hall–Kier alpha value is -0.490. The van der Waals surface area contributed by atoms with Crippen LogP contribution in [0.2, 0.25) is 0 Å². The maximum Gasteiger partial charge on any atom is 0.106 e. The van der Waals surface area contributed by atoms with Crippen LogP contribution in [0.3, 0.4) is 0 Å². The van der Waals surface area contributed by atoms with E-state index in [0.29, 0.717) is 13.1 Å². The fraction of sp³-hybridized carbons (Fsp3) is 0.625. The van der Waals surface area contributed by atoms with Gasteiger partial charge in [-0.25, -0.2) is 4.98 Å². The summed E-state index contributed by atoms with van der Waals surface area (Å²) in [6.45, 7) is 1.95. The van der Waals surface area contributed by atoms with Gasteiger partial charge in [-0.05, 0) is 7.05 Å². The van der Waals surface area contributed by atoms with Gasteiger partial charge in [0.2, 0.25) is 0 Å². The maximum absolute atomic E-state index is 9.34. The van der Waals surface area contributed by atoms with Crippen LogP contribution in [0.4, 0.5) is 0 Å². The lowest BCUT2D eigenvalue weighted by atomic mass is 10.3. The van der Waals surface area contributed by atoms with Crippen molar-refractivity contribution in [1.29, 1.82) is 0 Å². The average molecular weight is 201 g/mol. The summed E-state index contributed by atoms with van der Waals surface area (Å²) in [4.78, 5) is 4.12. The molecular formula is C8H15N3OS. The minimum atomic E-state index is -0.329. The number of hydrogen-bond donors (Lipinski definition) is 3. The first-order valence-electron chi connectivity index (χ1n) is 4.24. The zero-order valence-electron chi connectivity index (χ0n) is 7.66. The van der Waals surface area contributed by atoms with Crippen molar-refractivity contribution in [2.75, 3.05) is 20.1 Å².